The molecule has 0 saturated carbocycles. The first kappa shape index (κ1) is 11.5. The van der Waals surface area contributed by atoms with Crippen molar-refractivity contribution in [1.29, 1.82) is 0 Å². The summed E-state index contributed by atoms with van der Waals surface area (Å²) in [4.78, 5) is 0. The van der Waals surface area contributed by atoms with Crippen LogP contribution in [-0.2, 0) is 6.18 Å². The van der Waals surface area contributed by atoms with E-state index in [-0.39, 0.29) is 12.0 Å². The lowest BCUT2D eigenvalue weighted by Gasteiger charge is -2.12. The molecule has 1 aliphatic rings. The molecule has 0 bridgehead atoms. The number of benzene rings is 1. The lowest BCUT2D eigenvalue weighted by Crippen LogP contribution is -2.13. The summed E-state index contributed by atoms with van der Waals surface area (Å²) in [6, 6.07) is 4.24. The van der Waals surface area contributed by atoms with Gasteiger partial charge in [-0.15, -0.1) is 0 Å². The number of alkyl halides is 3. The Morgan fingerprint density at radius 2 is 1.94 bits per heavy atom. The molecular formula is C12H14F3N. The second-order valence-corrected chi connectivity index (χ2v) is 4.32. The summed E-state index contributed by atoms with van der Waals surface area (Å²) in [5, 5.41) is 3.13. The van der Waals surface area contributed by atoms with E-state index in [2.05, 4.69) is 5.32 Å². The van der Waals surface area contributed by atoms with Crippen molar-refractivity contribution in [2.45, 2.75) is 31.5 Å². The molecule has 16 heavy (non-hydrogen) atoms. The molecule has 0 saturated heterocycles. The van der Waals surface area contributed by atoms with E-state index >= 15 is 0 Å². The van der Waals surface area contributed by atoms with Crippen molar-refractivity contribution in [3.63, 3.8) is 0 Å². The van der Waals surface area contributed by atoms with Crippen molar-refractivity contribution in [1.82, 2.24) is 5.32 Å². The highest BCUT2D eigenvalue weighted by Crippen LogP contribution is 2.42. The normalized spacial score (nSPS) is 24.6. The third-order valence-electron chi connectivity index (χ3n) is 3.26. The molecule has 1 aromatic carbocycles. The predicted octanol–water partition coefficient (Wildman–Crippen LogP) is 3.47. The predicted molar refractivity (Wildman–Crippen MR) is 56.3 cm³/mol. The van der Waals surface area contributed by atoms with E-state index in [0.29, 0.717) is 0 Å². The van der Waals surface area contributed by atoms with Crippen LogP contribution in [0.1, 0.15) is 42.0 Å². The van der Waals surface area contributed by atoms with Gasteiger partial charge in [0.2, 0.25) is 0 Å². The summed E-state index contributed by atoms with van der Waals surface area (Å²) in [6.45, 7) is 1.97. The van der Waals surface area contributed by atoms with E-state index in [1.54, 1.807) is 6.07 Å². The standard InChI is InChI=1S/C12H14F3N/c1-7-5-11(16-2)9-4-3-8(6-10(7)9)12(13,14)15/h3-4,6-7,11,16H,5H2,1-2H3/t7-,11-/m1/s1. The molecule has 0 fully saturated rings. The van der Waals surface area contributed by atoms with Gasteiger partial charge in [0.25, 0.3) is 0 Å². The van der Waals surface area contributed by atoms with Crippen LogP contribution in [0.4, 0.5) is 13.2 Å². The maximum Gasteiger partial charge on any atom is 0.416 e. The van der Waals surface area contributed by atoms with E-state index in [1.165, 1.54) is 12.1 Å². The molecule has 0 unspecified atom stereocenters. The number of hydrogen-bond donors (Lipinski definition) is 1. The molecule has 0 amide bonds. The zero-order chi connectivity index (χ0) is 11.9. The largest absolute Gasteiger partial charge is 0.416 e. The van der Waals surface area contributed by atoms with Gasteiger partial charge >= 0.3 is 6.18 Å². The van der Waals surface area contributed by atoms with Gasteiger partial charge in [-0.1, -0.05) is 13.0 Å². The van der Waals surface area contributed by atoms with E-state index in [1.807, 2.05) is 14.0 Å². The molecule has 0 aromatic heterocycles. The van der Waals surface area contributed by atoms with E-state index in [0.717, 1.165) is 17.5 Å². The minimum Gasteiger partial charge on any atom is -0.313 e. The summed E-state index contributed by atoms with van der Waals surface area (Å²) < 4.78 is 37.6. The van der Waals surface area contributed by atoms with Gasteiger partial charge in [-0.2, -0.15) is 13.2 Å². The molecule has 1 nitrogen and oxygen atoms in total. The second-order valence-electron chi connectivity index (χ2n) is 4.32. The fourth-order valence-electron chi connectivity index (χ4n) is 2.38. The molecule has 0 aliphatic heterocycles. The van der Waals surface area contributed by atoms with Gasteiger partial charge in [0.1, 0.15) is 0 Å². The summed E-state index contributed by atoms with van der Waals surface area (Å²) in [5.41, 5.74) is 1.28. The topological polar surface area (TPSA) is 12.0 Å². The molecule has 2 atom stereocenters. The smallest absolute Gasteiger partial charge is 0.313 e. The third kappa shape index (κ3) is 1.82. The Labute approximate surface area is 92.7 Å². The van der Waals surface area contributed by atoms with Crippen LogP contribution < -0.4 is 5.32 Å². The quantitative estimate of drug-likeness (QED) is 0.777. The van der Waals surface area contributed by atoms with Gasteiger partial charge in [0, 0.05) is 6.04 Å². The zero-order valence-electron chi connectivity index (χ0n) is 9.23. The fourth-order valence-corrected chi connectivity index (χ4v) is 2.38. The van der Waals surface area contributed by atoms with Crippen LogP contribution in [0.25, 0.3) is 0 Å². The first-order chi connectivity index (χ1) is 7.43. The Morgan fingerprint density at radius 1 is 1.25 bits per heavy atom. The Bertz CT molecular complexity index is 398. The monoisotopic (exact) mass is 229 g/mol. The average Bonchev–Trinajstić information content (AvgIpc) is 2.54. The van der Waals surface area contributed by atoms with Crippen molar-refractivity contribution in [2.75, 3.05) is 7.05 Å². The van der Waals surface area contributed by atoms with Crippen molar-refractivity contribution in [3.8, 4) is 0 Å². The van der Waals surface area contributed by atoms with Crippen LogP contribution in [0.3, 0.4) is 0 Å². The number of hydrogen-bond acceptors (Lipinski definition) is 1. The molecule has 1 aliphatic carbocycles. The molecule has 0 heterocycles. The minimum absolute atomic E-state index is 0.187. The van der Waals surface area contributed by atoms with Crippen LogP contribution in [0.2, 0.25) is 0 Å². The second kappa shape index (κ2) is 3.77. The number of nitrogens with one attached hydrogen (secondary N) is 1. The highest BCUT2D eigenvalue weighted by Gasteiger charge is 2.34. The fraction of sp³-hybridized carbons (Fsp3) is 0.500. The Hall–Kier alpha value is -1.03. The van der Waals surface area contributed by atoms with E-state index in [9.17, 15) is 13.2 Å². The first-order valence-corrected chi connectivity index (χ1v) is 5.31. The van der Waals surface area contributed by atoms with Crippen LogP contribution >= 0.6 is 0 Å². The van der Waals surface area contributed by atoms with Crippen LogP contribution in [-0.4, -0.2) is 7.05 Å². The Kier molecular flexibility index (Phi) is 2.70. The van der Waals surface area contributed by atoms with Gasteiger partial charge < -0.3 is 5.32 Å². The van der Waals surface area contributed by atoms with Crippen molar-refractivity contribution in [2.24, 2.45) is 0 Å². The van der Waals surface area contributed by atoms with Gasteiger partial charge in [-0.05, 0) is 42.6 Å². The number of rotatable bonds is 1. The molecule has 88 valence electrons. The average molecular weight is 229 g/mol. The van der Waals surface area contributed by atoms with Crippen molar-refractivity contribution >= 4 is 0 Å². The number of fused-ring (bicyclic) bond motifs is 1. The Balaban J connectivity index is 2.44. The zero-order valence-corrected chi connectivity index (χ0v) is 9.23. The molecule has 4 heteroatoms. The van der Waals surface area contributed by atoms with Crippen molar-refractivity contribution in [3.05, 3.63) is 34.9 Å². The number of halogens is 3. The maximum absolute atomic E-state index is 12.5. The molecule has 0 spiro atoms. The summed E-state index contributed by atoms with van der Waals surface area (Å²) in [7, 11) is 1.84. The molecule has 1 aromatic rings. The van der Waals surface area contributed by atoms with Crippen LogP contribution in [0, 0.1) is 0 Å². The van der Waals surface area contributed by atoms with Gasteiger partial charge in [0.05, 0.1) is 5.56 Å². The summed E-state index contributed by atoms with van der Waals surface area (Å²) in [5.74, 6) is 0.190. The van der Waals surface area contributed by atoms with E-state index < -0.39 is 11.7 Å². The summed E-state index contributed by atoms with van der Waals surface area (Å²) >= 11 is 0. The first-order valence-electron chi connectivity index (χ1n) is 5.31. The maximum atomic E-state index is 12.5. The van der Waals surface area contributed by atoms with Gasteiger partial charge in [-0.3, -0.25) is 0 Å². The molecule has 0 radical (unpaired) electrons. The highest BCUT2D eigenvalue weighted by atomic mass is 19.4. The van der Waals surface area contributed by atoms with Gasteiger partial charge in [0.15, 0.2) is 0 Å². The molecule has 1 N–H and O–H groups in total. The van der Waals surface area contributed by atoms with Gasteiger partial charge in [-0.25, -0.2) is 0 Å². The summed E-state index contributed by atoms with van der Waals surface area (Å²) in [6.07, 6.45) is -3.38. The third-order valence-corrected chi connectivity index (χ3v) is 3.26. The SMILES string of the molecule is CN[C@@H]1C[C@@H](C)c2cc(C(F)(F)F)ccc21. The van der Waals surface area contributed by atoms with Crippen LogP contribution in [0.15, 0.2) is 18.2 Å². The lowest BCUT2D eigenvalue weighted by atomic mass is 10.0. The van der Waals surface area contributed by atoms with Crippen molar-refractivity contribution < 1.29 is 13.2 Å². The molecule has 2 rings (SSSR count). The Morgan fingerprint density at radius 3 is 2.50 bits per heavy atom. The minimum atomic E-state index is -4.24. The highest BCUT2D eigenvalue weighted by molar-refractivity contribution is 5.41. The molecular weight excluding hydrogens is 215 g/mol. The lowest BCUT2D eigenvalue weighted by molar-refractivity contribution is -0.137. The van der Waals surface area contributed by atoms with Crippen LogP contribution in [0.5, 0.6) is 0 Å². The van der Waals surface area contributed by atoms with E-state index in [4.69, 9.17) is 0 Å².